The van der Waals surface area contributed by atoms with Crippen LogP contribution in [0.2, 0.25) is 0 Å². The Balaban J connectivity index is 1.46. The maximum atomic E-state index is 12.8. The Bertz CT molecular complexity index is 1350. The van der Waals surface area contributed by atoms with Crippen LogP contribution in [0.1, 0.15) is 30.1 Å². The summed E-state index contributed by atoms with van der Waals surface area (Å²) in [7, 11) is 0. The Morgan fingerprint density at radius 1 is 1.06 bits per heavy atom. The summed E-state index contributed by atoms with van der Waals surface area (Å²) in [4.78, 5) is 29.1. The van der Waals surface area contributed by atoms with Crippen molar-refractivity contribution in [2.24, 2.45) is 0 Å². The number of rotatable bonds is 5. The SMILES string of the molecule is CCCC(=O)Nc1nc2ccc(NC(=S)NC(=O)c3cccc4c(Br)cccc34)cc2s1. The van der Waals surface area contributed by atoms with E-state index in [2.05, 4.69) is 36.9 Å². The fraction of sp³-hybridized carbons (Fsp3) is 0.130. The summed E-state index contributed by atoms with van der Waals surface area (Å²) in [5.41, 5.74) is 2.04. The zero-order valence-corrected chi connectivity index (χ0v) is 20.3. The van der Waals surface area contributed by atoms with Crippen LogP contribution in [0.4, 0.5) is 10.8 Å². The first-order chi connectivity index (χ1) is 15.4. The molecule has 4 aromatic rings. The molecule has 1 heterocycles. The highest BCUT2D eigenvalue weighted by Crippen LogP contribution is 2.29. The molecule has 0 atom stereocenters. The number of nitrogens with zero attached hydrogens (tertiary/aromatic N) is 1. The van der Waals surface area contributed by atoms with Gasteiger partial charge in [0.25, 0.3) is 5.91 Å². The van der Waals surface area contributed by atoms with Crippen molar-refractivity contribution in [2.45, 2.75) is 19.8 Å². The molecule has 3 N–H and O–H groups in total. The van der Waals surface area contributed by atoms with E-state index in [4.69, 9.17) is 12.2 Å². The molecular weight excluding hydrogens is 508 g/mol. The van der Waals surface area contributed by atoms with Crippen molar-refractivity contribution < 1.29 is 9.59 Å². The van der Waals surface area contributed by atoms with Crippen molar-refractivity contribution in [1.29, 1.82) is 0 Å². The van der Waals surface area contributed by atoms with Gasteiger partial charge in [-0.25, -0.2) is 4.98 Å². The summed E-state index contributed by atoms with van der Waals surface area (Å²) in [5, 5.41) is 11.2. The molecule has 0 saturated heterocycles. The highest BCUT2D eigenvalue weighted by atomic mass is 79.9. The lowest BCUT2D eigenvalue weighted by Crippen LogP contribution is -2.34. The summed E-state index contributed by atoms with van der Waals surface area (Å²) >= 11 is 10.3. The molecule has 2 amide bonds. The van der Waals surface area contributed by atoms with Crippen LogP contribution in [0, 0.1) is 0 Å². The van der Waals surface area contributed by atoms with Gasteiger partial charge in [-0.2, -0.15) is 0 Å². The number of anilines is 2. The minimum atomic E-state index is -0.286. The summed E-state index contributed by atoms with van der Waals surface area (Å²) in [5.74, 6) is -0.333. The summed E-state index contributed by atoms with van der Waals surface area (Å²) in [6.45, 7) is 1.96. The smallest absolute Gasteiger partial charge is 0.258 e. The van der Waals surface area contributed by atoms with Gasteiger partial charge in [0.05, 0.1) is 10.2 Å². The van der Waals surface area contributed by atoms with Gasteiger partial charge in [0.15, 0.2) is 10.2 Å². The molecule has 3 aromatic carbocycles. The molecule has 6 nitrogen and oxygen atoms in total. The van der Waals surface area contributed by atoms with Gasteiger partial charge < -0.3 is 10.6 Å². The average Bonchev–Trinajstić information content (AvgIpc) is 3.15. The second-order valence-corrected chi connectivity index (χ2v) is 9.34. The third-order valence-electron chi connectivity index (χ3n) is 4.71. The standard InChI is InChI=1S/C23H19BrN4O2S2/c1-2-5-20(29)27-23-26-18-11-10-13(12-19(18)32-23)25-22(31)28-21(30)16-8-3-7-15-14(16)6-4-9-17(15)24/h3-4,6-12H,2,5H2,1H3,(H,26,27,29)(H2,25,28,30,31). The van der Waals surface area contributed by atoms with E-state index >= 15 is 0 Å². The molecule has 162 valence electrons. The van der Waals surface area contributed by atoms with Crippen LogP contribution >= 0.6 is 39.5 Å². The lowest BCUT2D eigenvalue weighted by Gasteiger charge is -2.11. The molecular formula is C23H19BrN4O2S2. The molecule has 0 spiro atoms. The summed E-state index contributed by atoms with van der Waals surface area (Å²) < 4.78 is 1.82. The van der Waals surface area contributed by atoms with Gasteiger partial charge in [-0.05, 0) is 59.7 Å². The van der Waals surface area contributed by atoms with Crippen molar-refractivity contribution in [3.05, 3.63) is 64.6 Å². The molecule has 0 saturated carbocycles. The number of aromatic nitrogens is 1. The van der Waals surface area contributed by atoms with Crippen molar-refractivity contribution in [3.63, 3.8) is 0 Å². The van der Waals surface area contributed by atoms with E-state index in [1.54, 1.807) is 6.07 Å². The van der Waals surface area contributed by atoms with Gasteiger partial charge in [-0.3, -0.25) is 14.9 Å². The van der Waals surface area contributed by atoms with Gasteiger partial charge in [0.2, 0.25) is 5.91 Å². The Kier molecular flexibility index (Phi) is 6.78. The zero-order valence-electron chi connectivity index (χ0n) is 17.1. The lowest BCUT2D eigenvalue weighted by molar-refractivity contribution is -0.116. The van der Waals surface area contributed by atoms with E-state index in [0.29, 0.717) is 17.1 Å². The highest BCUT2D eigenvalue weighted by Gasteiger charge is 2.13. The number of thiazole rings is 1. The van der Waals surface area contributed by atoms with E-state index in [9.17, 15) is 9.59 Å². The largest absolute Gasteiger partial charge is 0.332 e. The number of thiocarbonyl (C=S) groups is 1. The molecule has 0 bridgehead atoms. The summed E-state index contributed by atoms with van der Waals surface area (Å²) in [6, 6.07) is 16.8. The maximum Gasteiger partial charge on any atom is 0.258 e. The fourth-order valence-electron chi connectivity index (χ4n) is 3.27. The minimum absolute atomic E-state index is 0.0470. The number of halogens is 1. The van der Waals surface area contributed by atoms with Crippen molar-refractivity contribution in [1.82, 2.24) is 10.3 Å². The van der Waals surface area contributed by atoms with Crippen molar-refractivity contribution in [3.8, 4) is 0 Å². The molecule has 32 heavy (non-hydrogen) atoms. The second-order valence-electron chi connectivity index (χ2n) is 7.05. The first-order valence-corrected chi connectivity index (χ1v) is 12.0. The van der Waals surface area contributed by atoms with Gasteiger partial charge in [0.1, 0.15) is 0 Å². The van der Waals surface area contributed by atoms with Gasteiger partial charge in [-0.15, -0.1) is 0 Å². The molecule has 0 aliphatic carbocycles. The normalized spacial score (nSPS) is 10.8. The third-order valence-corrected chi connectivity index (χ3v) is 6.54. The Hall–Kier alpha value is -2.88. The van der Waals surface area contributed by atoms with Crippen LogP contribution in [0.15, 0.2) is 59.1 Å². The maximum absolute atomic E-state index is 12.8. The molecule has 0 radical (unpaired) electrons. The molecule has 9 heteroatoms. The van der Waals surface area contributed by atoms with Gasteiger partial charge in [0, 0.05) is 22.1 Å². The molecule has 0 aliphatic rings. The van der Waals surface area contributed by atoms with Crippen LogP contribution in [0.25, 0.3) is 21.0 Å². The zero-order chi connectivity index (χ0) is 22.7. The number of nitrogens with one attached hydrogen (secondary N) is 3. The molecule has 1 aromatic heterocycles. The minimum Gasteiger partial charge on any atom is -0.332 e. The Morgan fingerprint density at radius 2 is 1.84 bits per heavy atom. The molecule has 0 unspecified atom stereocenters. The average molecular weight is 527 g/mol. The van der Waals surface area contributed by atoms with E-state index < -0.39 is 0 Å². The second kappa shape index (κ2) is 9.72. The van der Waals surface area contributed by atoms with E-state index in [1.807, 2.05) is 55.5 Å². The number of carbonyl (C=O) groups excluding carboxylic acids is 2. The van der Waals surface area contributed by atoms with Crippen molar-refractivity contribution >= 4 is 88.2 Å². The first kappa shape index (κ1) is 22.3. The number of carbonyl (C=O) groups is 2. The highest BCUT2D eigenvalue weighted by molar-refractivity contribution is 9.10. The van der Waals surface area contributed by atoms with E-state index in [1.165, 1.54) is 11.3 Å². The van der Waals surface area contributed by atoms with Crippen molar-refractivity contribution in [2.75, 3.05) is 10.6 Å². The lowest BCUT2D eigenvalue weighted by atomic mass is 10.0. The quantitative estimate of drug-likeness (QED) is 0.274. The number of hydrogen-bond acceptors (Lipinski definition) is 5. The van der Waals surface area contributed by atoms with Gasteiger partial charge >= 0.3 is 0 Å². The fourth-order valence-corrected chi connectivity index (χ4v) is 4.90. The predicted octanol–water partition coefficient (Wildman–Crippen LogP) is 6.08. The Morgan fingerprint density at radius 3 is 2.66 bits per heavy atom. The number of amides is 2. The number of benzene rings is 3. The molecule has 0 fully saturated rings. The third kappa shape index (κ3) is 4.95. The monoisotopic (exact) mass is 526 g/mol. The number of fused-ring (bicyclic) bond motifs is 2. The van der Waals surface area contributed by atoms with Crippen LogP contribution in [0.3, 0.4) is 0 Å². The molecule has 4 rings (SSSR count). The predicted molar refractivity (Wildman–Crippen MR) is 138 cm³/mol. The first-order valence-electron chi connectivity index (χ1n) is 9.94. The molecule has 0 aliphatic heterocycles. The van der Waals surface area contributed by atoms with Crippen LogP contribution in [-0.2, 0) is 4.79 Å². The van der Waals surface area contributed by atoms with E-state index in [-0.39, 0.29) is 16.9 Å². The Labute approximate surface area is 202 Å². The number of hydrogen-bond donors (Lipinski definition) is 3. The van der Waals surface area contributed by atoms with Crippen LogP contribution in [-0.4, -0.2) is 21.9 Å². The van der Waals surface area contributed by atoms with Gasteiger partial charge in [-0.1, -0.05) is 58.5 Å². The summed E-state index contributed by atoms with van der Waals surface area (Å²) in [6.07, 6.45) is 1.24. The van der Waals surface area contributed by atoms with Crippen LogP contribution in [0.5, 0.6) is 0 Å². The topological polar surface area (TPSA) is 83.1 Å². The van der Waals surface area contributed by atoms with Crippen LogP contribution < -0.4 is 16.0 Å². The van der Waals surface area contributed by atoms with E-state index in [0.717, 1.165) is 37.6 Å².